The van der Waals surface area contributed by atoms with Crippen LogP contribution < -0.4 is 10.2 Å². The van der Waals surface area contributed by atoms with E-state index in [1.807, 2.05) is 24.5 Å². The number of carboxylic acids is 3. The summed E-state index contributed by atoms with van der Waals surface area (Å²) in [5, 5.41) is 37.4. The Morgan fingerprint density at radius 1 is 0.923 bits per heavy atom. The fourth-order valence-corrected chi connectivity index (χ4v) is 5.05. The van der Waals surface area contributed by atoms with Crippen molar-refractivity contribution in [3.05, 3.63) is 53.6 Å². The van der Waals surface area contributed by atoms with Gasteiger partial charge in [-0.25, -0.2) is 19.2 Å². The van der Waals surface area contributed by atoms with Crippen LogP contribution in [0.1, 0.15) is 68.9 Å². The molecule has 212 valence electrons. The number of carbonyl (C=O) groups is 3. The van der Waals surface area contributed by atoms with Gasteiger partial charge in [-0.15, -0.1) is 0 Å². The molecule has 2 heterocycles. The Balaban J connectivity index is 0.000000276. The number of piperidine rings is 1. The number of nitrogens with zero attached hydrogens (tertiary/aromatic N) is 3. The average Bonchev–Trinajstić information content (AvgIpc) is 3.38. The van der Waals surface area contributed by atoms with Crippen molar-refractivity contribution in [1.29, 1.82) is 0 Å². The van der Waals surface area contributed by atoms with E-state index in [0.717, 1.165) is 55.8 Å². The lowest BCUT2D eigenvalue weighted by atomic mass is 9.87. The number of hydrogen-bond donors (Lipinski definition) is 5. The third-order valence-corrected chi connectivity index (χ3v) is 7.09. The molecule has 12 heteroatoms. The van der Waals surface area contributed by atoms with Gasteiger partial charge in [-0.1, -0.05) is 31.0 Å². The van der Waals surface area contributed by atoms with Crippen LogP contribution in [-0.4, -0.2) is 67.0 Å². The lowest BCUT2D eigenvalue weighted by Crippen LogP contribution is -2.42. The Morgan fingerprint density at radius 3 is 2.00 bits per heavy atom. The van der Waals surface area contributed by atoms with Crippen molar-refractivity contribution in [3.63, 3.8) is 0 Å². The van der Waals surface area contributed by atoms with Gasteiger partial charge in [0.2, 0.25) is 5.95 Å². The van der Waals surface area contributed by atoms with Crippen molar-refractivity contribution < 1.29 is 39.2 Å². The maximum absolute atomic E-state index is 14.4. The highest BCUT2D eigenvalue weighted by Crippen LogP contribution is 2.40. The molecule has 0 atom stereocenters. The Kier molecular flexibility index (Phi) is 10.3. The second-order valence-electron chi connectivity index (χ2n) is 10.0. The number of rotatable bonds is 10. The van der Waals surface area contributed by atoms with Crippen LogP contribution in [0, 0.1) is 5.82 Å². The summed E-state index contributed by atoms with van der Waals surface area (Å²) in [6.07, 6.45) is 9.48. The zero-order chi connectivity index (χ0) is 28.5. The molecular formula is C27H35FN4O7. The van der Waals surface area contributed by atoms with E-state index < -0.39 is 36.4 Å². The zero-order valence-corrected chi connectivity index (χ0v) is 21.7. The first kappa shape index (κ1) is 29.9. The lowest BCUT2D eigenvalue weighted by molar-refractivity contribution is -0.170. The van der Waals surface area contributed by atoms with Gasteiger partial charge in [0, 0.05) is 48.7 Å². The number of benzene rings is 1. The van der Waals surface area contributed by atoms with E-state index >= 15 is 0 Å². The van der Waals surface area contributed by atoms with Crippen LogP contribution in [0.5, 0.6) is 0 Å². The molecule has 0 bridgehead atoms. The van der Waals surface area contributed by atoms with E-state index in [2.05, 4.69) is 20.2 Å². The summed E-state index contributed by atoms with van der Waals surface area (Å²) >= 11 is 0. The molecule has 39 heavy (non-hydrogen) atoms. The molecule has 0 spiro atoms. The van der Waals surface area contributed by atoms with Gasteiger partial charge in [-0.2, -0.15) is 0 Å². The van der Waals surface area contributed by atoms with Gasteiger partial charge in [0.25, 0.3) is 0 Å². The normalized spacial score (nSPS) is 16.7. The standard InChI is InChI=1S/C21H27FN4.C6H8O7/c22-19-9-3-2-8-18(19)21(10-4-5-11-21)25-16-17-14-23-20(24-15-17)26-12-6-1-7-13-26;7-3(8)1-6(13,5(11)12)2-4(9)10/h2-3,8-9,14-15,25H,1,4-7,10-13,16H2;13H,1-2H2,(H,7,8)(H,9,10)(H,11,12). The van der Waals surface area contributed by atoms with Gasteiger partial charge in [0.15, 0.2) is 5.60 Å². The Labute approximate surface area is 225 Å². The molecule has 2 aliphatic rings. The number of nitrogens with one attached hydrogen (secondary N) is 1. The van der Waals surface area contributed by atoms with Crippen LogP contribution in [0.25, 0.3) is 0 Å². The number of hydrogen-bond acceptors (Lipinski definition) is 8. The lowest BCUT2D eigenvalue weighted by Gasteiger charge is -2.31. The van der Waals surface area contributed by atoms with Gasteiger partial charge in [0.05, 0.1) is 12.8 Å². The summed E-state index contributed by atoms with van der Waals surface area (Å²) in [5.41, 5.74) is -1.16. The third kappa shape index (κ3) is 8.17. The molecule has 11 nitrogen and oxygen atoms in total. The molecule has 2 fully saturated rings. The SMILES string of the molecule is Fc1ccccc1C1(NCc2cnc(N3CCCCC3)nc2)CCCC1.O=C(O)CC(O)(CC(=O)O)C(=O)O. The van der Waals surface area contributed by atoms with Gasteiger partial charge >= 0.3 is 17.9 Å². The molecule has 1 aliphatic heterocycles. The minimum absolute atomic E-state index is 0.112. The molecule has 4 rings (SSSR count). The van der Waals surface area contributed by atoms with Crippen LogP contribution in [0.4, 0.5) is 10.3 Å². The number of aliphatic hydroxyl groups is 1. The molecule has 0 amide bonds. The summed E-state index contributed by atoms with van der Waals surface area (Å²) in [7, 11) is 0. The van der Waals surface area contributed by atoms with Crippen molar-refractivity contribution >= 4 is 23.9 Å². The maximum atomic E-state index is 14.4. The molecule has 2 aromatic rings. The first-order valence-corrected chi connectivity index (χ1v) is 13.0. The molecular weight excluding hydrogens is 511 g/mol. The number of carboxylic acid groups (broad SMARTS) is 3. The van der Waals surface area contributed by atoms with Crippen molar-refractivity contribution in [2.45, 2.75) is 75.5 Å². The van der Waals surface area contributed by atoms with Crippen molar-refractivity contribution in [2.75, 3.05) is 18.0 Å². The van der Waals surface area contributed by atoms with Crippen LogP contribution in [0.3, 0.4) is 0 Å². The molecule has 1 saturated carbocycles. The molecule has 0 radical (unpaired) electrons. The smallest absolute Gasteiger partial charge is 0.336 e. The van der Waals surface area contributed by atoms with E-state index in [4.69, 9.17) is 20.4 Å². The molecule has 0 unspecified atom stereocenters. The van der Waals surface area contributed by atoms with Gasteiger partial charge in [-0.05, 0) is 38.2 Å². The van der Waals surface area contributed by atoms with Gasteiger partial charge in [-0.3, -0.25) is 9.59 Å². The number of aliphatic carboxylic acids is 3. The van der Waals surface area contributed by atoms with Crippen molar-refractivity contribution in [1.82, 2.24) is 15.3 Å². The summed E-state index contributed by atoms with van der Waals surface area (Å²) in [6.45, 7) is 2.76. The summed E-state index contributed by atoms with van der Waals surface area (Å²) < 4.78 is 14.4. The molecule has 1 aromatic carbocycles. The highest BCUT2D eigenvalue weighted by molar-refractivity contribution is 5.88. The molecule has 1 aromatic heterocycles. The monoisotopic (exact) mass is 546 g/mol. The zero-order valence-electron chi connectivity index (χ0n) is 21.7. The number of halogens is 1. The quantitative estimate of drug-likeness (QED) is 0.296. The van der Waals surface area contributed by atoms with E-state index in [-0.39, 0.29) is 11.4 Å². The maximum Gasteiger partial charge on any atom is 0.336 e. The second kappa shape index (κ2) is 13.4. The highest BCUT2D eigenvalue weighted by atomic mass is 19.1. The van der Waals surface area contributed by atoms with Crippen LogP contribution in [-0.2, 0) is 26.5 Å². The Hall–Kier alpha value is -3.64. The Morgan fingerprint density at radius 2 is 1.49 bits per heavy atom. The number of aromatic nitrogens is 2. The average molecular weight is 547 g/mol. The summed E-state index contributed by atoms with van der Waals surface area (Å²) in [5.74, 6) is -4.30. The van der Waals surface area contributed by atoms with Crippen LogP contribution in [0.2, 0.25) is 0 Å². The predicted molar refractivity (Wildman–Crippen MR) is 139 cm³/mol. The van der Waals surface area contributed by atoms with Crippen molar-refractivity contribution in [3.8, 4) is 0 Å². The first-order valence-electron chi connectivity index (χ1n) is 13.0. The fraction of sp³-hybridized carbons (Fsp3) is 0.519. The van der Waals surface area contributed by atoms with E-state index in [9.17, 15) is 18.8 Å². The Bertz CT molecular complexity index is 1120. The van der Waals surface area contributed by atoms with Crippen LogP contribution >= 0.6 is 0 Å². The largest absolute Gasteiger partial charge is 0.481 e. The van der Waals surface area contributed by atoms with Gasteiger partial charge in [0.1, 0.15) is 5.82 Å². The van der Waals surface area contributed by atoms with E-state index in [0.29, 0.717) is 6.54 Å². The van der Waals surface area contributed by atoms with E-state index in [1.54, 1.807) is 12.1 Å². The summed E-state index contributed by atoms with van der Waals surface area (Å²) in [6, 6.07) is 7.17. The minimum atomic E-state index is -2.74. The fourth-order valence-electron chi connectivity index (χ4n) is 5.05. The van der Waals surface area contributed by atoms with Crippen LogP contribution in [0.15, 0.2) is 36.7 Å². The topological polar surface area (TPSA) is 173 Å². The summed E-state index contributed by atoms with van der Waals surface area (Å²) in [4.78, 5) is 41.9. The van der Waals surface area contributed by atoms with Gasteiger partial charge < -0.3 is 30.6 Å². The molecule has 1 saturated heterocycles. The second-order valence-corrected chi connectivity index (χ2v) is 10.0. The third-order valence-electron chi connectivity index (χ3n) is 7.09. The predicted octanol–water partition coefficient (Wildman–Crippen LogP) is 2.92. The molecule has 5 N–H and O–H groups in total. The van der Waals surface area contributed by atoms with Crippen molar-refractivity contribution in [2.24, 2.45) is 0 Å². The number of anilines is 1. The van der Waals surface area contributed by atoms with E-state index in [1.165, 1.54) is 19.3 Å². The molecule has 1 aliphatic carbocycles. The first-order chi connectivity index (χ1) is 18.5. The minimum Gasteiger partial charge on any atom is -0.481 e. The highest BCUT2D eigenvalue weighted by Gasteiger charge is 2.41.